The lowest BCUT2D eigenvalue weighted by Gasteiger charge is -2.31. The summed E-state index contributed by atoms with van der Waals surface area (Å²) in [4.78, 5) is 2.49. The van der Waals surface area contributed by atoms with Crippen molar-refractivity contribution < 1.29 is 4.74 Å². The zero-order chi connectivity index (χ0) is 15.1. The Morgan fingerprint density at radius 1 is 1.33 bits per heavy atom. The van der Waals surface area contributed by atoms with Crippen LogP contribution in [0.25, 0.3) is 0 Å². The minimum Gasteiger partial charge on any atom is -0.378 e. The van der Waals surface area contributed by atoms with Gasteiger partial charge in [0, 0.05) is 45.0 Å². The van der Waals surface area contributed by atoms with E-state index in [0.717, 1.165) is 57.9 Å². The van der Waals surface area contributed by atoms with Gasteiger partial charge in [-0.25, -0.2) is 0 Å². The summed E-state index contributed by atoms with van der Waals surface area (Å²) in [6.07, 6.45) is 4.80. The Kier molecular flexibility index (Phi) is 6.60. The average Bonchev–Trinajstić information content (AvgIpc) is 2.93. The van der Waals surface area contributed by atoms with Gasteiger partial charge in [0.25, 0.3) is 0 Å². The predicted octanol–water partition coefficient (Wildman–Crippen LogP) is 1.28. The molecule has 6 nitrogen and oxygen atoms in total. The van der Waals surface area contributed by atoms with Crippen LogP contribution in [0, 0.1) is 0 Å². The number of hydrogen-bond donors (Lipinski definition) is 1. The molecule has 1 aromatic rings. The summed E-state index contributed by atoms with van der Waals surface area (Å²) >= 11 is 0. The van der Waals surface area contributed by atoms with Crippen LogP contribution in [-0.4, -0.2) is 58.3 Å². The molecule has 6 heteroatoms. The van der Waals surface area contributed by atoms with Gasteiger partial charge in [0.1, 0.15) is 0 Å². The quantitative estimate of drug-likeness (QED) is 0.783. The first-order chi connectivity index (χ1) is 10.2. The third kappa shape index (κ3) is 5.73. The van der Waals surface area contributed by atoms with Crippen LogP contribution >= 0.6 is 0 Å². The van der Waals surface area contributed by atoms with Crippen LogP contribution in [0.3, 0.4) is 0 Å². The van der Waals surface area contributed by atoms with Gasteiger partial charge < -0.3 is 15.0 Å². The van der Waals surface area contributed by atoms with Crippen LogP contribution in [0.15, 0.2) is 6.20 Å². The minimum atomic E-state index is 0.464. The fourth-order valence-electron chi connectivity index (χ4n) is 2.62. The summed E-state index contributed by atoms with van der Waals surface area (Å²) in [5.74, 6) is 0. The number of rotatable bonds is 8. The molecule has 1 saturated heterocycles. The molecule has 1 N–H and O–H groups in total. The Bertz CT molecular complexity index is 399. The summed E-state index contributed by atoms with van der Waals surface area (Å²) in [6, 6.07) is 0.474. The molecule has 0 unspecified atom stereocenters. The normalized spacial score (nSPS) is 17.7. The number of hydrogen-bond acceptors (Lipinski definition) is 5. The fourth-order valence-corrected chi connectivity index (χ4v) is 2.62. The molecular formula is C15H29N5O. The first kappa shape index (κ1) is 16.4. The van der Waals surface area contributed by atoms with Gasteiger partial charge in [0.05, 0.1) is 18.3 Å². The number of piperidine rings is 1. The highest BCUT2D eigenvalue weighted by Gasteiger charge is 2.18. The van der Waals surface area contributed by atoms with Crippen LogP contribution in [0.1, 0.15) is 39.3 Å². The van der Waals surface area contributed by atoms with E-state index >= 15 is 0 Å². The summed E-state index contributed by atoms with van der Waals surface area (Å²) < 4.78 is 7.63. The molecule has 0 saturated carbocycles. The van der Waals surface area contributed by atoms with Gasteiger partial charge in [-0.2, -0.15) is 0 Å². The summed E-state index contributed by atoms with van der Waals surface area (Å²) in [5.41, 5.74) is 1.01. The van der Waals surface area contributed by atoms with Crippen molar-refractivity contribution in [3.8, 4) is 0 Å². The van der Waals surface area contributed by atoms with Gasteiger partial charge in [-0.1, -0.05) is 19.1 Å². The Labute approximate surface area is 127 Å². The maximum Gasteiger partial charge on any atom is 0.0964 e. The molecule has 0 atom stereocenters. The van der Waals surface area contributed by atoms with E-state index in [-0.39, 0.29) is 0 Å². The summed E-state index contributed by atoms with van der Waals surface area (Å²) in [7, 11) is 0. The molecule has 1 fully saturated rings. The largest absolute Gasteiger partial charge is 0.378 e. The molecule has 0 aromatic carbocycles. The second-order valence-electron chi connectivity index (χ2n) is 6.00. The second kappa shape index (κ2) is 8.46. The molecule has 0 spiro atoms. The summed E-state index contributed by atoms with van der Waals surface area (Å²) in [5, 5.41) is 11.8. The molecule has 1 aliphatic rings. The Morgan fingerprint density at radius 3 is 2.76 bits per heavy atom. The van der Waals surface area contributed by atoms with Gasteiger partial charge >= 0.3 is 0 Å². The Hall–Kier alpha value is -0.980. The first-order valence-corrected chi connectivity index (χ1v) is 8.13. The van der Waals surface area contributed by atoms with Gasteiger partial charge in [0.2, 0.25) is 0 Å². The molecule has 120 valence electrons. The lowest BCUT2D eigenvalue weighted by molar-refractivity contribution is 0.0134. The van der Waals surface area contributed by atoms with Crippen molar-refractivity contribution in [1.82, 2.24) is 25.2 Å². The highest BCUT2D eigenvalue weighted by atomic mass is 16.5. The molecule has 1 aliphatic heterocycles. The number of nitrogens with zero attached hydrogens (tertiary/aromatic N) is 4. The van der Waals surface area contributed by atoms with Crippen LogP contribution in [0.4, 0.5) is 0 Å². The predicted molar refractivity (Wildman–Crippen MR) is 83.1 cm³/mol. The number of likely N-dealkylation sites (tertiary alicyclic amines) is 1. The Morgan fingerprint density at radius 2 is 2.10 bits per heavy atom. The Balaban J connectivity index is 1.67. The maximum absolute atomic E-state index is 5.68. The average molecular weight is 295 g/mol. The molecule has 21 heavy (non-hydrogen) atoms. The van der Waals surface area contributed by atoms with Gasteiger partial charge in [-0.3, -0.25) is 4.68 Å². The minimum absolute atomic E-state index is 0.464. The van der Waals surface area contributed by atoms with E-state index in [1.54, 1.807) is 0 Å². The topological polar surface area (TPSA) is 55.2 Å². The van der Waals surface area contributed by atoms with Crippen LogP contribution in [0.5, 0.6) is 0 Å². The SMILES string of the molecule is CCOC1CCN(CCn2cc(CNC(C)C)nn2)CC1. The van der Waals surface area contributed by atoms with E-state index < -0.39 is 0 Å². The second-order valence-corrected chi connectivity index (χ2v) is 6.00. The highest BCUT2D eigenvalue weighted by Crippen LogP contribution is 2.13. The summed E-state index contributed by atoms with van der Waals surface area (Å²) in [6.45, 7) is 12.2. The monoisotopic (exact) mass is 295 g/mol. The van der Waals surface area contributed by atoms with Crippen molar-refractivity contribution in [1.29, 1.82) is 0 Å². The van der Waals surface area contributed by atoms with Crippen molar-refractivity contribution in [2.75, 3.05) is 26.2 Å². The van der Waals surface area contributed by atoms with Gasteiger partial charge in [-0.05, 0) is 19.8 Å². The van der Waals surface area contributed by atoms with E-state index in [2.05, 4.69) is 41.3 Å². The maximum atomic E-state index is 5.68. The van der Waals surface area contributed by atoms with Crippen LogP contribution < -0.4 is 5.32 Å². The van der Waals surface area contributed by atoms with Crippen molar-refractivity contribution in [2.24, 2.45) is 0 Å². The smallest absolute Gasteiger partial charge is 0.0964 e. The van der Waals surface area contributed by atoms with Gasteiger partial charge in [-0.15, -0.1) is 5.10 Å². The van der Waals surface area contributed by atoms with Gasteiger partial charge in [0.15, 0.2) is 0 Å². The van der Waals surface area contributed by atoms with Crippen molar-refractivity contribution in [3.05, 3.63) is 11.9 Å². The van der Waals surface area contributed by atoms with E-state index in [1.165, 1.54) is 0 Å². The molecule has 2 rings (SSSR count). The third-order valence-corrected chi connectivity index (χ3v) is 3.86. The molecule has 0 amide bonds. The molecule has 2 heterocycles. The van der Waals surface area contributed by atoms with Crippen molar-refractivity contribution in [2.45, 2.75) is 58.8 Å². The zero-order valence-corrected chi connectivity index (χ0v) is 13.6. The lowest BCUT2D eigenvalue weighted by Crippen LogP contribution is -2.38. The van der Waals surface area contributed by atoms with E-state index in [4.69, 9.17) is 4.74 Å². The van der Waals surface area contributed by atoms with E-state index in [1.807, 2.05) is 10.9 Å². The number of nitrogens with one attached hydrogen (secondary N) is 1. The highest BCUT2D eigenvalue weighted by molar-refractivity contribution is 4.91. The standard InChI is InChI=1S/C15H29N5O/c1-4-21-15-5-7-19(8-6-15)9-10-20-12-14(17-18-20)11-16-13(2)3/h12-13,15-16H,4-11H2,1-3H3. The number of ether oxygens (including phenoxy) is 1. The van der Waals surface area contributed by atoms with E-state index in [9.17, 15) is 0 Å². The lowest BCUT2D eigenvalue weighted by atomic mass is 10.1. The number of aromatic nitrogens is 3. The zero-order valence-electron chi connectivity index (χ0n) is 13.6. The van der Waals surface area contributed by atoms with E-state index in [0.29, 0.717) is 12.1 Å². The first-order valence-electron chi connectivity index (χ1n) is 8.13. The fraction of sp³-hybridized carbons (Fsp3) is 0.867. The molecule has 1 aromatic heterocycles. The molecule has 0 aliphatic carbocycles. The van der Waals surface area contributed by atoms with Crippen molar-refractivity contribution in [3.63, 3.8) is 0 Å². The van der Waals surface area contributed by atoms with Crippen LogP contribution in [-0.2, 0) is 17.8 Å². The molecule has 0 bridgehead atoms. The molecular weight excluding hydrogens is 266 g/mol. The molecule has 0 radical (unpaired) electrons. The third-order valence-electron chi connectivity index (χ3n) is 3.86. The van der Waals surface area contributed by atoms with Crippen molar-refractivity contribution >= 4 is 0 Å². The van der Waals surface area contributed by atoms with Crippen LogP contribution in [0.2, 0.25) is 0 Å².